The number of nitrogens with zero attached hydrogens (tertiary/aromatic N) is 1. The summed E-state index contributed by atoms with van der Waals surface area (Å²) < 4.78 is 25.2. The van der Waals surface area contributed by atoms with Gasteiger partial charge in [-0.15, -0.1) is 0 Å². The molecule has 0 bridgehead atoms. The van der Waals surface area contributed by atoms with Crippen LogP contribution < -0.4 is 10.2 Å². The van der Waals surface area contributed by atoms with Crippen LogP contribution in [-0.2, 0) is 6.54 Å². The molecule has 19 heavy (non-hydrogen) atoms. The Hall–Kier alpha value is -0.910. The van der Waals surface area contributed by atoms with E-state index in [4.69, 9.17) is 16.7 Å². The minimum atomic E-state index is -2.46. The molecule has 0 amide bonds. The van der Waals surface area contributed by atoms with E-state index in [1.54, 1.807) is 12.1 Å². The first kappa shape index (κ1) is 16.1. The fraction of sp³-hybridized carbons (Fsp3) is 0.538. The van der Waals surface area contributed by atoms with Crippen molar-refractivity contribution >= 4 is 17.3 Å². The highest BCUT2D eigenvalue weighted by atomic mass is 35.5. The Morgan fingerprint density at radius 3 is 2.74 bits per heavy atom. The van der Waals surface area contributed by atoms with Gasteiger partial charge >= 0.3 is 0 Å². The molecule has 0 spiro atoms. The molecule has 0 saturated carbocycles. The van der Waals surface area contributed by atoms with Crippen molar-refractivity contribution in [2.24, 2.45) is 0 Å². The van der Waals surface area contributed by atoms with Crippen molar-refractivity contribution < 1.29 is 13.9 Å². The van der Waals surface area contributed by atoms with Crippen molar-refractivity contribution in [3.63, 3.8) is 0 Å². The summed E-state index contributed by atoms with van der Waals surface area (Å²) in [7, 11) is 0. The number of aliphatic hydroxyl groups is 1. The molecule has 2 N–H and O–H groups in total. The van der Waals surface area contributed by atoms with Gasteiger partial charge in [-0.25, -0.2) is 8.78 Å². The smallest absolute Gasteiger partial charge is 0.255 e. The number of alkyl halides is 2. The van der Waals surface area contributed by atoms with Gasteiger partial charge in [-0.1, -0.05) is 24.6 Å². The Morgan fingerprint density at radius 2 is 2.16 bits per heavy atom. The fourth-order valence-corrected chi connectivity index (χ4v) is 2.00. The molecule has 1 aromatic carbocycles. The zero-order chi connectivity index (χ0) is 14.3. The number of nitrogens with one attached hydrogen (secondary N) is 1. The van der Waals surface area contributed by atoms with Crippen molar-refractivity contribution in [1.29, 1.82) is 0 Å². The van der Waals surface area contributed by atoms with Gasteiger partial charge in [0.15, 0.2) is 0 Å². The SMILES string of the molecule is CCNCc1ccc(Cl)cc1N(CCO)CC(F)F. The van der Waals surface area contributed by atoms with E-state index in [0.29, 0.717) is 17.3 Å². The predicted octanol–water partition coefficient (Wildman–Crippen LogP) is 2.51. The fourth-order valence-electron chi connectivity index (χ4n) is 1.84. The summed E-state index contributed by atoms with van der Waals surface area (Å²) in [6, 6.07) is 5.21. The highest BCUT2D eigenvalue weighted by Crippen LogP contribution is 2.25. The van der Waals surface area contributed by atoms with Crippen molar-refractivity contribution in [3.8, 4) is 0 Å². The van der Waals surface area contributed by atoms with Crippen LogP contribution in [0.3, 0.4) is 0 Å². The van der Waals surface area contributed by atoms with Crippen LogP contribution in [0.25, 0.3) is 0 Å². The second-order valence-electron chi connectivity index (χ2n) is 4.11. The van der Waals surface area contributed by atoms with E-state index in [1.165, 1.54) is 4.90 Å². The van der Waals surface area contributed by atoms with Crippen LogP contribution in [0, 0.1) is 0 Å². The lowest BCUT2D eigenvalue weighted by Crippen LogP contribution is -2.32. The minimum absolute atomic E-state index is 0.157. The average Bonchev–Trinajstić information content (AvgIpc) is 2.36. The van der Waals surface area contributed by atoms with Crippen LogP contribution in [0.2, 0.25) is 5.02 Å². The maximum absolute atomic E-state index is 12.6. The normalized spacial score (nSPS) is 11.1. The number of aliphatic hydroxyl groups excluding tert-OH is 1. The van der Waals surface area contributed by atoms with Crippen LogP contribution in [0.5, 0.6) is 0 Å². The lowest BCUT2D eigenvalue weighted by molar-refractivity contribution is 0.152. The molecule has 0 aliphatic heterocycles. The third kappa shape index (κ3) is 5.30. The van der Waals surface area contributed by atoms with Crippen LogP contribution in [0.1, 0.15) is 12.5 Å². The number of benzene rings is 1. The van der Waals surface area contributed by atoms with Gasteiger partial charge < -0.3 is 15.3 Å². The van der Waals surface area contributed by atoms with E-state index < -0.39 is 13.0 Å². The summed E-state index contributed by atoms with van der Waals surface area (Å²) in [5.41, 5.74) is 1.53. The standard InChI is InChI=1S/C13H19ClF2N2O/c1-2-17-8-10-3-4-11(14)7-12(10)18(5-6-19)9-13(15)16/h3-4,7,13,17,19H,2,5-6,8-9H2,1H3. The van der Waals surface area contributed by atoms with Gasteiger partial charge in [-0.2, -0.15) is 0 Å². The second-order valence-corrected chi connectivity index (χ2v) is 4.55. The highest BCUT2D eigenvalue weighted by Gasteiger charge is 2.16. The third-order valence-corrected chi connectivity index (χ3v) is 2.92. The lowest BCUT2D eigenvalue weighted by Gasteiger charge is -2.26. The van der Waals surface area contributed by atoms with E-state index in [0.717, 1.165) is 12.1 Å². The van der Waals surface area contributed by atoms with E-state index in [-0.39, 0.29) is 13.2 Å². The number of hydrogen-bond donors (Lipinski definition) is 2. The number of rotatable bonds is 8. The van der Waals surface area contributed by atoms with Gasteiger partial charge in [-0.3, -0.25) is 0 Å². The highest BCUT2D eigenvalue weighted by molar-refractivity contribution is 6.30. The molecule has 0 aliphatic rings. The maximum Gasteiger partial charge on any atom is 0.255 e. The Kier molecular flexibility index (Phi) is 7.05. The molecular formula is C13H19ClF2N2O. The summed E-state index contributed by atoms with van der Waals surface area (Å²) in [5, 5.41) is 12.7. The van der Waals surface area contributed by atoms with Crippen molar-refractivity contribution in [2.45, 2.75) is 19.9 Å². The average molecular weight is 293 g/mol. The molecule has 3 nitrogen and oxygen atoms in total. The molecule has 0 radical (unpaired) electrons. The van der Waals surface area contributed by atoms with E-state index in [9.17, 15) is 8.78 Å². The number of hydrogen-bond acceptors (Lipinski definition) is 3. The Bertz CT molecular complexity index is 391. The number of anilines is 1. The molecule has 108 valence electrons. The summed E-state index contributed by atoms with van der Waals surface area (Å²) in [6.45, 7) is 2.90. The molecule has 6 heteroatoms. The Labute approximate surface area is 117 Å². The quantitative estimate of drug-likeness (QED) is 0.773. The molecule has 1 rings (SSSR count). The molecule has 1 aromatic rings. The van der Waals surface area contributed by atoms with Crippen molar-refractivity contribution in [2.75, 3.05) is 31.1 Å². The summed E-state index contributed by atoms with van der Waals surface area (Å²) in [5.74, 6) is 0. The molecule has 0 heterocycles. The second kappa shape index (κ2) is 8.30. The van der Waals surface area contributed by atoms with Gasteiger partial charge in [0.2, 0.25) is 0 Å². The topological polar surface area (TPSA) is 35.5 Å². The van der Waals surface area contributed by atoms with Gasteiger partial charge in [0.25, 0.3) is 6.43 Å². The summed E-state index contributed by atoms with van der Waals surface area (Å²) >= 11 is 5.93. The zero-order valence-electron chi connectivity index (χ0n) is 10.9. The van der Waals surface area contributed by atoms with Gasteiger partial charge in [-0.05, 0) is 24.2 Å². The van der Waals surface area contributed by atoms with E-state index >= 15 is 0 Å². The van der Waals surface area contributed by atoms with Crippen LogP contribution in [0.4, 0.5) is 14.5 Å². The molecule has 0 fully saturated rings. The largest absolute Gasteiger partial charge is 0.395 e. The summed E-state index contributed by atoms with van der Waals surface area (Å²) in [6.07, 6.45) is -2.46. The molecule has 0 aliphatic carbocycles. The van der Waals surface area contributed by atoms with Gasteiger partial charge in [0, 0.05) is 23.8 Å². The predicted molar refractivity (Wildman–Crippen MR) is 74.1 cm³/mol. The maximum atomic E-state index is 12.6. The Balaban J connectivity index is 3.00. The minimum Gasteiger partial charge on any atom is -0.395 e. The molecule has 0 unspecified atom stereocenters. The molecule has 0 atom stereocenters. The monoisotopic (exact) mass is 292 g/mol. The van der Waals surface area contributed by atoms with Crippen LogP contribution in [-0.4, -0.2) is 37.8 Å². The van der Waals surface area contributed by atoms with Crippen molar-refractivity contribution in [1.82, 2.24) is 5.32 Å². The Morgan fingerprint density at radius 1 is 1.42 bits per heavy atom. The zero-order valence-corrected chi connectivity index (χ0v) is 11.6. The van der Waals surface area contributed by atoms with Gasteiger partial charge in [0.1, 0.15) is 0 Å². The lowest BCUT2D eigenvalue weighted by atomic mass is 10.1. The first-order valence-electron chi connectivity index (χ1n) is 6.21. The van der Waals surface area contributed by atoms with E-state index in [1.807, 2.05) is 13.0 Å². The van der Waals surface area contributed by atoms with E-state index in [2.05, 4.69) is 5.32 Å². The first-order chi connectivity index (χ1) is 9.08. The first-order valence-corrected chi connectivity index (χ1v) is 6.59. The number of halogens is 3. The summed E-state index contributed by atoms with van der Waals surface area (Å²) in [4.78, 5) is 1.46. The molecular weight excluding hydrogens is 274 g/mol. The molecule has 0 saturated heterocycles. The third-order valence-electron chi connectivity index (χ3n) is 2.68. The van der Waals surface area contributed by atoms with Crippen LogP contribution in [0.15, 0.2) is 18.2 Å². The van der Waals surface area contributed by atoms with Gasteiger partial charge in [0.05, 0.1) is 13.2 Å². The van der Waals surface area contributed by atoms with Crippen LogP contribution >= 0.6 is 11.6 Å². The van der Waals surface area contributed by atoms with Crippen molar-refractivity contribution in [3.05, 3.63) is 28.8 Å². The molecule has 0 aromatic heterocycles.